The van der Waals surface area contributed by atoms with Gasteiger partial charge in [0.2, 0.25) is 0 Å². The van der Waals surface area contributed by atoms with Gasteiger partial charge < -0.3 is 5.32 Å². The van der Waals surface area contributed by atoms with E-state index in [1.807, 2.05) is 13.0 Å². The van der Waals surface area contributed by atoms with Gasteiger partial charge in [0.1, 0.15) is 0 Å². The molecule has 0 fully saturated rings. The highest BCUT2D eigenvalue weighted by Crippen LogP contribution is 2.25. The summed E-state index contributed by atoms with van der Waals surface area (Å²) in [6.07, 6.45) is 3.73. The number of hydrogen-bond donors (Lipinski definition) is 1. The van der Waals surface area contributed by atoms with Gasteiger partial charge in [-0.15, -0.1) is 5.73 Å². The zero-order valence-electron chi connectivity index (χ0n) is 13.2. The van der Waals surface area contributed by atoms with Crippen LogP contribution in [0.1, 0.15) is 18.1 Å². The van der Waals surface area contributed by atoms with Gasteiger partial charge in [0.15, 0.2) is 0 Å². The molecular weight excluding hydrogens is 266 g/mol. The third-order valence-electron chi connectivity index (χ3n) is 3.53. The lowest BCUT2D eigenvalue weighted by Crippen LogP contribution is -2.12. The minimum Gasteiger partial charge on any atom is -0.348 e. The Labute approximate surface area is 132 Å². The molecule has 0 amide bonds. The molecule has 0 saturated heterocycles. The predicted molar refractivity (Wildman–Crippen MR) is 97.5 cm³/mol. The van der Waals surface area contributed by atoms with E-state index in [1.54, 1.807) is 6.08 Å². The van der Waals surface area contributed by atoms with Crippen LogP contribution in [0.3, 0.4) is 0 Å². The molecular formula is C21H21N. The standard InChI is InChI=1S/C21H21N/c1-6-10-21(22-20(7-2)15(3)4)19-14-18-12-9-8-11-17(18)13-16(19)5/h6,8-14,22H,1-3H2,4-5H3/b21-10+. The van der Waals surface area contributed by atoms with Crippen molar-refractivity contribution in [2.75, 3.05) is 0 Å². The SMILES string of the molecule is C=C=C(N/C(=C/C=C)c1cc2ccccc2cc1C)C(=C)C. The van der Waals surface area contributed by atoms with E-state index in [4.69, 9.17) is 0 Å². The molecule has 0 atom stereocenters. The molecule has 22 heavy (non-hydrogen) atoms. The first-order chi connectivity index (χ1) is 10.6. The number of benzene rings is 2. The van der Waals surface area contributed by atoms with Crippen molar-refractivity contribution >= 4 is 16.5 Å². The molecule has 2 aromatic carbocycles. The zero-order valence-corrected chi connectivity index (χ0v) is 13.2. The molecule has 0 aliphatic carbocycles. The quantitative estimate of drug-likeness (QED) is 0.565. The fourth-order valence-electron chi connectivity index (χ4n) is 2.40. The van der Waals surface area contributed by atoms with Crippen molar-refractivity contribution < 1.29 is 0 Å². The molecule has 1 nitrogen and oxygen atoms in total. The predicted octanol–water partition coefficient (Wildman–Crippen LogP) is 5.51. The fourth-order valence-corrected chi connectivity index (χ4v) is 2.40. The van der Waals surface area contributed by atoms with Crippen molar-refractivity contribution in [1.82, 2.24) is 5.32 Å². The van der Waals surface area contributed by atoms with E-state index in [9.17, 15) is 0 Å². The van der Waals surface area contributed by atoms with E-state index in [0.717, 1.165) is 22.5 Å². The van der Waals surface area contributed by atoms with Gasteiger partial charge in [0.05, 0.1) is 5.70 Å². The van der Waals surface area contributed by atoms with E-state index in [2.05, 4.69) is 74.1 Å². The molecule has 0 radical (unpaired) electrons. The average Bonchev–Trinajstić information content (AvgIpc) is 2.50. The first-order valence-corrected chi connectivity index (χ1v) is 7.22. The third-order valence-corrected chi connectivity index (χ3v) is 3.53. The van der Waals surface area contributed by atoms with Crippen LogP contribution in [0.15, 0.2) is 85.3 Å². The van der Waals surface area contributed by atoms with E-state index in [-0.39, 0.29) is 0 Å². The Morgan fingerprint density at radius 3 is 2.36 bits per heavy atom. The Morgan fingerprint density at radius 1 is 1.18 bits per heavy atom. The number of nitrogens with one attached hydrogen (secondary N) is 1. The van der Waals surface area contributed by atoms with Gasteiger partial charge in [-0.25, -0.2) is 0 Å². The molecule has 2 rings (SSSR count). The average molecular weight is 287 g/mol. The molecule has 0 saturated carbocycles. The van der Waals surface area contributed by atoms with Crippen molar-refractivity contribution in [1.29, 1.82) is 0 Å². The summed E-state index contributed by atoms with van der Waals surface area (Å²) in [5.74, 6) is 0. The molecule has 0 aromatic heterocycles. The minimum absolute atomic E-state index is 0.792. The molecule has 110 valence electrons. The highest BCUT2D eigenvalue weighted by molar-refractivity contribution is 5.88. The summed E-state index contributed by atoms with van der Waals surface area (Å²) in [7, 11) is 0. The van der Waals surface area contributed by atoms with Crippen molar-refractivity contribution in [2.45, 2.75) is 13.8 Å². The Hall–Kier alpha value is -2.76. The summed E-state index contributed by atoms with van der Waals surface area (Å²) in [4.78, 5) is 0. The number of rotatable bonds is 5. The molecule has 0 aliphatic heterocycles. The van der Waals surface area contributed by atoms with Crippen molar-refractivity contribution in [3.63, 3.8) is 0 Å². The number of fused-ring (bicyclic) bond motifs is 1. The second kappa shape index (κ2) is 6.80. The van der Waals surface area contributed by atoms with Gasteiger partial charge in [-0.05, 0) is 47.9 Å². The molecule has 2 aromatic rings. The summed E-state index contributed by atoms with van der Waals surface area (Å²) in [6.45, 7) is 15.5. The van der Waals surface area contributed by atoms with E-state index >= 15 is 0 Å². The molecule has 1 heteroatoms. The zero-order chi connectivity index (χ0) is 16.1. The van der Waals surface area contributed by atoms with Crippen LogP contribution in [0.2, 0.25) is 0 Å². The van der Waals surface area contributed by atoms with Gasteiger partial charge in [0, 0.05) is 11.3 Å². The summed E-state index contributed by atoms with van der Waals surface area (Å²) in [5.41, 5.74) is 7.88. The number of aryl methyl sites for hydroxylation is 1. The first-order valence-electron chi connectivity index (χ1n) is 7.22. The summed E-state index contributed by atoms with van der Waals surface area (Å²) in [6, 6.07) is 12.7. The minimum atomic E-state index is 0.792. The lowest BCUT2D eigenvalue weighted by atomic mass is 9.99. The van der Waals surface area contributed by atoms with Crippen LogP contribution in [-0.4, -0.2) is 0 Å². The maximum atomic E-state index is 3.95. The summed E-state index contributed by atoms with van der Waals surface area (Å²) in [5, 5.41) is 5.80. The van der Waals surface area contributed by atoms with Crippen molar-refractivity contribution in [3.05, 3.63) is 96.4 Å². The monoisotopic (exact) mass is 287 g/mol. The molecule has 0 heterocycles. The van der Waals surface area contributed by atoms with Crippen molar-refractivity contribution in [2.24, 2.45) is 0 Å². The van der Waals surface area contributed by atoms with Crippen LogP contribution in [-0.2, 0) is 0 Å². The van der Waals surface area contributed by atoms with Gasteiger partial charge in [0.25, 0.3) is 0 Å². The van der Waals surface area contributed by atoms with Crippen LogP contribution >= 0.6 is 0 Å². The molecule has 0 unspecified atom stereocenters. The number of allylic oxidation sites excluding steroid dienone is 3. The maximum Gasteiger partial charge on any atom is 0.0835 e. The Bertz CT molecular complexity index is 815. The van der Waals surface area contributed by atoms with Crippen LogP contribution < -0.4 is 5.32 Å². The molecule has 0 aliphatic rings. The van der Waals surface area contributed by atoms with Gasteiger partial charge >= 0.3 is 0 Å². The largest absolute Gasteiger partial charge is 0.348 e. The highest BCUT2D eigenvalue weighted by atomic mass is 14.9. The van der Waals surface area contributed by atoms with E-state index < -0.39 is 0 Å². The normalized spacial score (nSPS) is 10.9. The number of hydrogen-bond acceptors (Lipinski definition) is 1. The van der Waals surface area contributed by atoms with Crippen LogP contribution in [0.5, 0.6) is 0 Å². The Morgan fingerprint density at radius 2 is 1.82 bits per heavy atom. The second-order valence-electron chi connectivity index (χ2n) is 5.29. The Kier molecular flexibility index (Phi) is 4.83. The van der Waals surface area contributed by atoms with Crippen LogP contribution in [0, 0.1) is 6.92 Å². The topological polar surface area (TPSA) is 12.0 Å². The van der Waals surface area contributed by atoms with Gasteiger partial charge in [-0.2, -0.15) is 0 Å². The first kappa shape index (κ1) is 15.6. The third kappa shape index (κ3) is 3.28. The summed E-state index contributed by atoms with van der Waals surface area (Å²) >= 11 is 0. The van der Waals surface area contributed by atoms with E-state index in [0.29, 0.717) is 0 Å². The van der Waals surface area contributed by atoms with E-state index in [1.165, 1.54) is 16.3 Å². The molecule has 0 spiro atoms. The second-order valence-corrected chi connectivity index (χ2v) is 5.29. The highest BCUT2D eigenvalue weighted by Gasteiger charge is 2.08. The van der Waals surface area contributed by atoms with Gasteiger partial charge in [-0.3, -0.25) is 0 Å². The van der Waals surface area contributed by atoms with Gasteiger partial charge in [-0.1, -0.05) is 56.1 Å². The lowest BCUT2D eigenvalue weighted by Gasteiger charge is -2.16. The maximum absolute atomic E-state index is 3.95. The molecule has 0 bridgehead atoms. The fraction of sp³-hybridized carbons (Fsp3) is 0.0952. The molecule has 1 N–H and O–H groups in total. The Balaban J connectivity index is 2.56. The lowest BCUT2D eigenvalue weighted by molar-refractivity contribution is 1.09. The smallest absolute Gasteiger partial charge is 0.0835 e. The summed E-state index contributed by atoms with van der Waals surface area (Å²) < 4.78 is 0. The van der Waals surface area contributed by atoms with Crippen LogP contribution in [0.4, 0.5) is 0 Å². The van der Waals surface area contributed by atoms with Crippen LogP contribution in [0.25, 0.3) is 16.5 Å². The van der Waals surface area contributed by atoms with Crippen molar-refractivity contribution in [3.8, 4) is 0 Å².